The molecule has 0 radical (unpaired) electrons. The van der Waals surface area contributed by atoms with E-state index < -0.39 is 0 Å². The normalized spacial score (nSPS) is 11.2. The number of aromatic nitrogens is 5. The molecule has 0 N–H and O–H groups in total. The molecule has 0 spiro atoms. The second kappa shape index (κ2) is 9.09. The summed E-state index contributed by atoms with van der Waals surface area (Å²) < 4.78 is 19.6. The predicted octanol–water partition coefficient (Wildman–Crippen LogP) is 3.68. The van der Waals surface area contributed by atoms with Crippen molar-refractivity contribution in [1.29, 1.82) is 0 Å². The Morgan fingerprint density at radius 2 is 1.66 bits per heavy atom. The van der Waals surface area contributed by atoms with Gasteiger partial charge in [0.1, 0.15) is 11.6 Å². The molecule has 3 heterocycles. The lowest BCUT2D eigenvalue weighted by atomic mass is 10.1. The third kappa shape index (κ3) is 3.95. The lowest BCUT2D eigenvalue weighted by Crippen LogP contribution is -2.22. The summed E-state index contributed by atoms with van der Waals surface area (Å²) in [6, 6.07) is 15.2. The highest BCUT2D eigenvalue weighted by Crippen LogP contribution is 2.33. The van der Waals surface area contributed by atoms with Crippen LogP contribution >= 0.6 is 0 Å². The van der Waals surface area contributed by atoms with Crippen molar-refractivity contribution in [3.63, 3.8) is 0 Å². The van der Waals surface area contributed by atoms with Crippen LogP contribution in [0.3, 0.4) is 0 Å². The third-order valence-corrected chi connectivity index (χ3v) is 5.96. The van der Waals surface area contributed by atoms with Crippen molar-refractivity contribution in [2.45, 2.75) is 19.9 Å². The maximum absolute atomic E-state index is 13.8. The first-order valence-electron chi connectivity index (χ1n) is 11.1. The summed E-state index contributed by atoms with van der Waals surface area (Å²) in [6.45, 7) is 2.27. The van der Waals surface area contributed by atoms with E-state index in [2.05, 4.69) is 15.1 Å². The lowest BCUT2D eigenvalue weighted by molar-refractivity contribution is 0.354. The molecule has 178 valence electrons. The van der Waals surface area contributed by atoms with Crippen molar-refractivity contribution in [3.8, 4) is 28.5 Å². The number of para-hydroxylation sites is 1. The minimum Gasteiger partial charge on any atom is -0.496 e. The molecule has 35 heavy (non-hydrogen) atoms. The zero-order chi connectivity index (χ0) is 24.5. The predicted molar refractivity (Wildman–Crippen MR) is 133 cm³/mol. The lowest BCUT2D eigenvalue weighted by Gasteiger charge is -2.14. The zero-order valence-corrected chi connectivity index (χ0v) is 20.0. The molecule has 0 aliphatic heterocycles. The molecule has 0 bridgehead atoms. The molecule has 0 saturated carbocycles. The highest BCUT2D eigenvalue weighted by Gasteiger charge is 2.20. The van der Waals surface area contributed by atoms with Crippen molar-refractivity contribution in [2.24, 2.45) is 0 Å². The van der Waals surface area contributed by atoms with Crippen LogP contribution in [0.5, 0.6) is 17.2 Å². The van der Waals surface area contributed by atoms with E-state index in [1.54, 1.807) is 43.5 Å². The second-order valence-corrected chi connectivity index (χ2v) is 8.05. The standard InChI is InChI=1S/C26H25N5O4/c1-16-27-26-28-19-12-14-30(13-11-17-9-10-21(34-3)22(15-17)35-4)25(32)23(19)24(31(26)29-16)18-7-5-6-8-20(18)33-2/h5-10,12,14-15H,11,13H2,1-4H3. The fourth-order valence-electron chi connectivity index (χ4n) is 4.27. The van der Waals surface area contributed by atoms with Crippen molar-refractivity contribution >= 4 is 16.7 Å². The Bertz CT molecular complexity index is 1610. The molecule has 2 aromatic carbocycles. The summed E-state index contributed by atoms with van der Waals surface area (Å²) in [5.74, 6) is 2.95. The van der Waals surface area contributed by atoms with Gasteiger partial charge in [0.25, 0.3) is 11.3 Å². The van der Waals surface area contributed by atoms with E-state index in [0.717, 1.165) is 11.1 Å². The van der Waals surface area contributed by atoms with Crippen molar-refractivity contribution in [1.82, 2.24) is 24.1 Å². The van der Waals surface area contributed by atoms with Gasteiger partial charge < -0.3 is 18.8 Å². The van der Waals surface area contributed by atoms with Crippen LogP contribution in [-0.2, 0) is 13.0 Å². The fourth-order valence-corrected chi connectivity index (χ4v) is 4.27. The highest BCUT2D eigenvalue weighted by atomic mass is 16.5. The van der Waals surface area contributed by atoms with E-state index in [9.17, 15) is 4.79 Å². The minimum atomic E-state index is -0.161. The van der Waals surface area contributed by atoms with E-state index in [-0.39, 0.29) is 5.56 Å². The Labute approximate surface area is 201 Å². The number of nitrogens with zero attached hydrogens (tertiary/aromatic N) is 5. The third-order valence-electron chi connectivity index (χ3n) is 5.96. The molecule has 9 heteroatoms. The SMILES string of the molecule is COc1ccc(CCn2ccc3nc4nc(C)nn4c(-c4ccccc4OC)c3c2=O)cc1OC. The van der Waals surface area contributed by atoms with Crippen LogP contribution in [-0.4, -0.2) is 45.5 Å². The molecular weight excluding hydrogens is 446 g/mol. The Balaban J connectivity index is 1.65. The smallest absolute Gasteiger partial charge is 0.262 e. The first-order valence-corrected chi connectivity index (χ1v) is 11.1. The van der Waals surface area contributed by atoms with Gasteiger partial charge in [-0.1, -0.05) is 18.2 Å². The van der Waals surface area contributed by atoms with Crippen molar-refractivity contribution in [2.75, 3.05) is 21.3 Å². The second-order valence-electron chi connectivity index (χ2n) is 8.05. The van der Waals surface area contributed by atoms with Gasteiger partial charge in [0.2, 0.25) is 0 Å². The number of hydrogen-bond acceptors (Lipinski definition) is 7. The molecule has 0 saturated heterocycles. The largest absolute Gasteiger partial charge is 0.496 e. The van der Waals surface area contributed by atoms with Crippen LogP contribution < -0.4 is 19.8 Å². The number of aryl methyl sites for hydroxylation is 3. The molecule has 3 aromatic heterocycles. The molecular formula is C26H25N5O4. The van der Waals surface area contributed by atoms with Gasteiger partial charge in [-0.05, 0) is 49.2 Å². The Morgan fingerprint density at radius 1 is 0.886 bits per heavy atom. The van der Waals surface area contributed by atoms with E-state index in [1.807, 2.05) is 48.5 Å². The summed E-state index contributed by atoms with van der Waals surface area (Å²) in [6.07, 6.45) is 2.40. The summed E-state index contributed by atoms with van der Waals surface area (Å²) in [5, 5.41) is 4.99. The summed E-state index contributed by atoms with van der Waals surface area (Å²) in [4.78, 5) is 22.8. The van der Waals surface area contributed by atoms with Gasteiger partial charge in [0.05, 0.1) is 37.9 Å². The van der Waals surface area contributed by atoms with Crippen LogP contribution in [0.25, 0.3) is 27.9 Å². The monoisotopic (exact) mass is 471 g/mol. The molecule has 0 aliphatic carbocycles. The maximum atomic E-state index is 13.8. The molecule has 0 atom stereocenters. The van der Waals surface area contributed by atoms with Gasteiger partial charge in [0, 0.05) is 18.3 Å². The number of ether oxygens (including phenoxy) is 3. The highest BCUT2D eigenvalue weighted by molar-refractivity contribution is 5.94. The van der Waals surface area contributed by atoms with E-state index in [1.165, 1.54) is 0 Å². The van der Waals surface area contributed by atoms with Gasteiger partial charge in [-0.25, -0.2) is 4.98 Å². The molecule has 0 aliphatic rings. The van der Waals surface area contributed by atoms with Crippen LogP contribution in [0, 0.1) is 6.92 Å². The topological polar surface area (TPSA) is 92.8 Å². The van der Waals surface area contributed by atoms with Crippen LogP contribution in [0.1, 0.15) is 11.4 Å². The zero-order valence-electron chi connectivity index (χ0n) is 20.0. The van der Waals surface area contributed by atoms with Gasteiger partial charge in [-0.15, -0.1) is 5.10 Å². The average molecular weight is 472 g/mol. The molecule has 9 nitrogen and oxygen atoms in total. The van der Waals surface area contributed by atoms with Crippen molar-refractivity contribution < 1.29 is 14.2 Å². The summed E-state index contributed by atoms with van der Waals surface area (Å²) >= 11 is 0. The number of pyridine rings is 1. The van der Waals surface area contributed by atoms with E-state index >= 15 is 0 Å². The number of methoxy groups -OCH3 is 3. The number of rotatable bonds is 7. The van der Waals surface area contributed by atoms with E-state index in [0.29, 0.717) is 58.4 Å². The van der Waals surface area contributed by atoms with Gasteiger partial charge in [-0.3, -0.25) is 4.79 Å². The summed E-state index contributed by atoms with van der Waals surface area (Å²) in [7, 11) is 4.81. The van der Waals surface area contributed by atoms with Crippen LogP contribution in [0.2, 0.25) is 0 Å². The molecule has 0 amide bonds. The number of fused-ring (bicyclic) bond motifs is 2. The van der Waals surface area contributed by atoms with E-state index in [4.69, 9.17) is 14.2 Å². The first kappa shape index (κ1) is 22.4. The molecule has 5 rings (SSSR count). The maximum Gasteiger partial charge on any atom is 0.262 e. The minimum absolute atomic E-state index is 0.161. The summed E-state index contributed by atoms with van der Waals surface area (Å²) in [5.41, 5.74) is 2.77. The number of benzene rings is 2. The van der Waals surface area contributed by atoms with Crippen LogP contribution in [0.15, 0.2) is 59.5 Å². The number of hydrogen-bond donors (Lipinski definition) is 0. The van der Waals surface area contributed by atoms with Crippen LogP contribution in [0.4, 0.5) is 0 Å². The van der Waals surface area contributed by atoms with Gasteiger partial charge in [0.15, 0.2) is 11.5 Å². The van der Waals surface area contributed by atoms with Gasteiger partial charge in [-0.2, -0.15) is 9.50 Å². The Morgan fingerprint density at radius 3 is 2.43 bits per heavy atom. The Kier molecular flexibility index (Phi) is 5.82. The Hall–Kier alpha value is -4.40. The molecule has 0 fully saturated rings. The average Bonchev–Trinajstić information content (AvgIpc) is 3.26. The molecule has 5 aromatic rings. The fraction of sp³-hybridized carbons (Fsp3) is 0.231. The quantitative estimate of drug-likeness (QED) is 0.357. The van der Waals surface area contributed by atoms with Gasteiger partial charge >= 0.3 is 0 Å². The first-order chi connectivity index (χ1) is 17.0. The molecule has 0 unspecified atom stereocenters. The van der Waals surface area contributed by atoms with Crippen molar-refractivity contribution in [3.05, 3.63) is 76.5 Å².